The van der Waals surface area contributed by atoms with Crippen LogP contribution in [0, 0.1) is 12.8 Å². The van der Waals surface area contributed by atoms with Gasteiger partial charge in [0.05, 0.1) is 38.4 Å². The van der Waals surface area contributed by atoms with Crippen LogP contribution in [0.15, 0.2) is 30.3 Å². The molecule has 0 saturated carbocycles. The second-order valence-electron chi connectivity index (χ2n) is 10.1. The van der Waals surface area contributed by atoms with Crippen molar-refractivity contribution >= 4 is 35.8 Å². The molecular weight excluding hydrogens is 656 g/mol. The van der Waals surface area contributed by atoms with Gasteiger partial charge < -0.3 is 41.4 Å². The maximum Gasteiger partial charge on any atom is 0.239 e. The zero-order valence-electron chi connectivity index (χ0n) is 33.0. The Morgan fingerprint density at radius 3 is 1.76 bits per heavy atom. The van der Waals surface area contributed by atoms with Crippen LogP contribution in [0.1, 0.15) is 80.7 Å². The fourth-order valence-corrected chi connectivity index (χ4v) is 3.17. The van der Waals surface area contributed by atoms with Gasteiger partial charge in [0.1, 0.15) is 5.78 Å². The van der Waals surface area contributed by atoms with E-state index < -0.39 is 5.91 Å². The van der Waals surface area contributed by atoms with Gasteiger partial charge in [-0.2, -0.15) is 0 Å². The van der Waals surface area contributed by atoms with Gasteiger partial charge in [-0.25, -0.2) is 0 Å². The zero-order chi connectivity index (χ0) is 40.5. The number of benzene rings is 1. The van der Waals surface area contributed by atoms with Gasteiger partial charge in [0.25, 0.3) is 0 Å². The number of amides is 5. The van der Waals surface area contributed by atoms with Crippen molar-refractivity contribution in [3.05, 3.63) is 35.9 Å². The van der Waals surface area contributed by atoms with Crippen molar-refractivity contribution in [2.45, 2.75) is 99.8 Å². The van der Waals surface area contributed by atoms with Crippen molar-refractivity contribution in [3.8, 4) is 12.8 Å². The summed E-state index contributed by atoms with van der Waals surface area (Å²) in [6, 6.07) is 9.81. The number of terminal acetylenes is 1. The molecule has 0 spiro atoms. The highest BCUT2D eigenvalue weighted by molar-refractivity contribution is 5.88. The Kier molecular flexibility index (Phi) is 48.0. The van der Waals surface area contributed by atoms with E-state index in [0.717, 1.165) is 18.4 Å². The summed E-state index contributed by atoms with van der Waals surface area (Å²) in [5.41, 5.74) is 1.14. The molecule has 1 aromatic carbocycles. The largest absolute Gasteiger partial charge is 0.382 e. The number of likely N-dealkylation sites (N-methyl/N-ethyl adjacent to an activating group) is 1. The number of nitrogens with one attached hydrogen (secondary N) is 6. The average Bonchev–Trinajstić information content (AvgIpc) is 3.14. The zero-order valence-corrected chi connectivity index (χ0v) is 33.0. The number of methoxy groups -OCH3 is 1. The Bertz CT molecular complexity index is 1020. The minimum Gasteiger partial charge on any atom is -0.382 e. The van der Waals surface area contributed by atoms with E-state index in [-0.39, 0.29) is 67.9 Å². The second-order valence-corrected chi connectivity index (χ2v) is 10.1. The highest BCUT2D eigenvalue weighted by atomic mass is 16.5. The lowest BCUT2D eigenvalue weighted by Crippen LogP contribution is -2.45. The van der Waals surface area contributed by atoms with Gasteiger partial charge >= 0.3 is 0 Å². The molecule has 0 saturated heterocycles. The number of hydrogen-bond donors (Lipinski definition) is 6. The monoisotopic (exact) mass is 725 g/mol. The van der Waals surface area contributed by atoms with Crippen LogP contribution < -0.4 is 31.9 Å². The molecule has 0 radical (unpaired) electrons. The molecular formula is C37H68N6O8. The van der Waals surface area contributed by atoms with Gasteiger partial charge in [-0.05, 0) is 53.1 Å². The summed E-state index contributed by atoms with van der Waals surface area (Å²) in [6.45, 7) is 18.4. The molecule has 0 aliphatic rings. The standard InChI is InChI=1S/C16H24N4O3.C11H23NO3.C4H7NO2.2C2H6.C2H2/c1-12(8-13-6-4-3-5-7-13)20-16(23)11-19-15(22)10-18-14(21)9-17-2;1-5-11(13)12-8-10(3)15-7-6-9(2)14-4;1-4(7)2-5-3-6;3*1-2/h3-7,12,17H,8-11H2,1-2H3,(H,18,21)(H,19,22)(H,20,23);9-10H,5-8H2,1-4H3,(H,12,13);3H,2H2,1H3,(H,5,6);2*1-2H3;1-2H. The quantitative estimate of drug-likeness (QED) is 0.0864. The van der Waals surface area contributed by atoms with Crippen LogP contribution in [-0.4, -0.2) is 108 Å². The van der Waals surface area contributed by atoms with Crippen molar-refractivity contribution in [2.75, 3.05) is 53.5 Å². The Balaban J connectivity index is -0.000000216. The van der Waals surface area contributed by atoms with E-state index in [1.807, 2.05) is 85.7 Å². The van der Waals surface area contributed by atoms with E-state index in [4.69, 9.17) is 9.47 Å². The molecule has 5 amide bonds. The number of hydrogen-bond acceptors (Lipinski definition) is 9. The lowest BCUT2D eigenvalue weighted by molar-refractivity contribution is -0.127. The molecule has 6 N–H and O–H groups in total. The summed E-state index contributed by atoms with van der Waals surface area (Å²) in [5, 5.41) is 15.4. The summed E-state index contributed by atoms with van der Waals surface area (Å²) in [5.74, 6) is -0.907. The SMILES string of the molecule is C#C.CC.CC.CC(=O)CNC=O.CCC(=O)NCC(C)OCCC(C)OC.CNCC(=O)NCC(=O)NCC(=O)NC(C)Cc1ccccc1. The molecule has 0 aromatic heterocycles. The predicted molar refractivity (Wildman–Crippen MR) is 205 cm³/mol. The number of rotatable bonds is 20. The van der Waals surface area contributed by atoms with Crippen LogP contribution >= 0.6 is 0 Å². The molecule has 0 fully saturated rings. The lowest BCUT2D eigenvalue weighted by atomic mass is 10.1. The van der Waals surface area contributed by atoms with Crippen molar-refractivity contribution in [1.82, 2.24) is 31.9 Å². The Morgan fingerprint density at radius 2 is 1.31 bits per heavy atom. The van der Waals surface area contributed by atoms with Gasteiger partial charge in [-0.15, -0.1) is 12.8 Å². The van der Waals surface area contributed by atoms with Crippen LogP contribution in [0.5, 0.6) is 0 Å². The molecule has 1 aromatic rings. The Morgan fingerprint density at radius 1 is 0.784 bits per heavy atom. The number of ketones is 1. The molecule has 3 atom stereocenters. The second kappa shape index (κ2) is 43.7. The third-order valence-corrected chi connectivity index (χ3v) is 5.69. The molecule has 51 heavy (non-hydrogen) atoms. The molecule has 1 rings (SSSR count). The smallest absolute Gasteiger partial charge is 0.239 e. The van der Waals surface area contributed by atoms with E-state index in [9.17, 15) is 28.8 Å². The van der Waals surface area contributed by atoms with E-state index >= 15 is 0 Å². The van der Waals surface area contributed by atoms with Gasteiger partial charge in [-0.1, -0.05) is 65.0 Å². The first kappa shape index (κ1) is 56.1. The van der Waals surface area contributed by atoms with Gasteiger partial charge in [0.15, 0.2) is 0 Å². The number of Topliss-reactive ketones (excluding diaryl/α,β-unsaturated/α-hetero) is 1. The Labute approximate surface area is 307 Å². The molecule has 294 valence electrons. The molecule has 0 heterocycles. The summed E-state index contributed by atoms with van der Waals surface area (Å²) in [6.07, 6.45) is 10.9. The molecule has 14 heteroatoms. The molecule has 0 bridgehead atoms. The molecule has 0 aliphatic carbocycles. The first-order valence-electron chi connectivity index (χ1n) is 17.3. The fourth-order valence-electron chi connectivity index (χ4n) is 3.17. The Hall–Kier alpha value is -4.32. The van der Waals surface area contributed by atoms with Gasteiger partial charge in [0, 0.05) is 32.7 Å². The van der Waals surface area contributed by atoms with Crippen molar-refractivity contribution in [2.24, 2.45) is 0 Å². The minimum absolute atomic E-state index is 0.0304. The van der Waals surface area contributed by atoms with Crippen molar-refractivity contribution < 1.29 is 38.2 Å². The van der Waals surface area contributed by atoms with Crippen molar-refractivity contribution in [1.29, 1.82) is 0 Å². The first-order chi connectivity index (χ1) is 24.4. The van der Waals surface area contributed by atoms with E-state index in [1.165, 1.54) is 6.92 Å². The van der Waals surface area contributed by atoms with E-state index in [2.05, 4.69) is 44.7 Å². The van der Waals surface area contributed by atoms with Crippen molar-refractivity contribution in [3.63, 3.8) is 0 Å². The summed E-state index contributed by atoms with van der Waals surface area (Å²) >= 11 is 0. The molecule has 0 aliphatic heterocycles. The summed E-state index contributed by atoms with van der Waals surface area (Å²) < 4.78 is 10.6. The van der Waals surface area contributed by atoms with E-state index in [0.29, 0.717) is 26.0 Å². The predicted octanol–water partition coefficient (Wildman–Crippen LogP) is 2.15. The summed E-state index contributed by atoms with van der Waals surface area (Å²) in [4.78, 5) is 64.8. The van der Waals surface area contributed by atoms with Crippen LogP contribution in [0.2, 0.25) is 0 Å². The van der Waals surface area contributed by atoms with Crippen LogP contribution in [-0.2, 0) is 44.7 Å². The van der Waals surface area contributed by atoms with Crippen LogP contribution in [0.25, 0.3) is 0 Å². The number of carbonyl (C=O) groups is 6. The van der Waals surface area contributed by atoms with Gasteiger partial charge in [0.2, 0.25) is 30.0 Å². The highest BCUT2D eigenvalue weighted by Gasteiger charge is 2.10. The third kappa shape index (κ3) is 45.7. The summed E-state index contributed by atoms with van der Waals surface area (Å²) in [7, 11) is 3.33. The number of carbonyl (C=O) groups excluding carboxylic acids is 6. The van der Waals surface area contributed by atoms with Crippen LogP contribution in [0.4, 0.5) is 0 Å². The maximum atomic E-state index is 11.8. The highest BCUT2D eigenvalue weighted by Crippen LogP contribution is 2.02. The molecule has 3 unspecified atom stereocenters. The first-order valence-corrected chi connectivity index (χ1v) is 17.3. The molecule has 14 nitrogen and oxygen atoms in total. The topological polar surface area (TPSA) is 193 Å². The van der Waals surface area contributed by atoms with Gasteiger partial charge in [-0.3, -0.25) is 28.8 Å². The average molecular weight is 725 g/mol. The minimum atomic E-state index is -0.402. The number of ether oxygens (including phenoxy) is 2. The third-order valence-electron chi connectivity index (χ3n) is 5.69. The lowest BCUT2D eigenvalue weighted by Gasteiger charge is -2.15. The van der Waals surface area contributed by atoms with E-state index in [1.54, 1.807) is 14.2 Å². The maximum absolute atomic E-state index is 11.8. The fraction of sp³-hybridized carbons (Fsp3) is 0.622. The van der Waals surface area contributed by atoms with Crippen LogP contribution in [0.3, 0.4) is 0 Å². The normalized spacial score (nSPS) is 10.8.